The van der Waals surface area contributed by atoms with Crippen LogP contribution in [0.2, 0.25) is 0 Å². The quantitative estimate of drug-likeness (QED) is 0.370. The predicted octanol–water partition coefficient (Wildman–Crippen LogP) is 4.41. The molecule has 0 saturated heterocycles. The molecule has 1 N–H and O–H groups in total. The molecule has 2 heterocycles. The summed E-state index contributed by atoms with van der Waals surface area (Å²) in [5.41, 5.74) is 2.78. The highest BCUT2D eigenvalue weighted by Gasteiger charge is 2.36. The third-order valence-electron chi connectivity index (χ3n) is 6.89. The average Bonchev–Trinajstić information content (AvgIpc) is 3.67. The minimum absolute atomic E-state index is 0.0708. The van der Waals surface area contributed by atoms with Crippen molar-refractivity contribution in [2.75, 3.05) is 12.0 Å². The van der Waals surface area contributed by atoms with E-state index in [2.05, 4.69) is 20.8 Å². The van der Waals surface area contributed by atoms with Crippen LogP contribution in [0.15, 0.2) is 71.6 Å². The molecule has 10 heteroatoms. The van der Waals surface area contributed by atoms with Crippen LogP contribution in [0.5, 0.6) is 5.75 Å². The van der Waals surface area contributed by atoms with Gasteiger partial charge in [0, 0.05) is 11.7 Å². The van der Waals surface area contributed by atoms with Gasteiger partial charge in [-0.2, -0.15) is 0 Å². The third kappa shape index (κ3) is 5.29. The number of aryl methyl sites for hydroxylation is 1. The third-order valence-corrected chi connectivity index (χ3v) is 6.89. The lowest BCUT2D eigenvalue weighted by atomic mass is 9.94. The number of aromatic nitrogens is 4. The number of nitrogens with one attached hydrogen (secondary N) is 1. The van der Waals surface area contributed by atoms with Crippen LogP contribution in [0.4, 0.5) is 5.69 Å². The van der Waals surface area contributed by atoms with Gasteiger partial charge in [-0.25, -0.2) is 4.68 Å². The number of furan rings is 1. The predicted molar refractivity (Wildman–Crippen MR) is 140 cm³/mol. The number of nitrogens with zero attached hydrogens (tertiary/aromatic N) is 5. The van der Waals surface area contributed by atoms with E-state index in [0.29, 0.717) is 17.0 Å². The number of anilines is 1. The van der Waals surface area contributed by atoms with Crippen LogP contribution in [-0.4, -0.2) is 45.2 Å². The van der Waals surface area contributed by atoms with Crippen LogP contribution in [-0.2, 0) is 4.79 Å². The summed E-state index contributed by atoms with van der Waals surface area (Å²) < 4.78 is 12.4. The van der Waals surface area contributed by atoms with Gasteiger partial charge in [-0.15, -0.1) is 5.10 Å². The van der Waals surface area contributed by atoms with Crippen LogP contribution in [0.1, 0.15) is 59.8 Å². The summed E-state index contributed by atoms with van der Waals surface area (Å²) >= 11 is 0. The number of hydrogen-bond acceptors (Lipinski definition) is 7. The molecule has 1 atom stereocenters. The molecule has 0 aliphatic heterocycles. The number of rotatable bonds is 8. The van der Waals surface area contributed by atoms with E-state index in [4.69, 9.17) is 9.15 Å². The van der Waals surface area contributed by atoms with E-state index in [1.165, 1.54) is 23.9 Å². The largest absolute Gasteiger partial charge is 0.497 e. The first kappa shape index (κ1) is 25.2. The summed E-state index contributed by atoms with van der Waals surface area (Å²) in [6.07, 6.45) is 8.12. The number of carbonyl (C=O) groups is 2. The van der Waals surface area contributed by atoms with Crippen molar-refractivity contribution in [3.05, 3.63) is 84.1 Å². The Morgan fingerprint density at radius 2 is 1.89 bits per heavy atom. The minimum atomic E-state index is -0.946. The Morgan fingerprint density at radius 3 is 2.53 bits per heavy atom. The molecule has 0 unspecified atom stereocenters. The summed E-state index contributed by atoms with van der Waals surface area (Å²) in [5.74, 6) is 0.121. The molecular formula is C28H30N6O4. The highest BCUT2D eigenvalue weighted by molar-refractivity contribution is 6.08. The van der Waals surface area contributed by atoms with E-state index in [1.54, 1.807) is 42.1 Å². The van der Waals surface area contributed by atoms with Crippen LogP contribution >= 0.6 is 0 Å². The summed E-state index contributed by atoms with van der Waals surface area (Å²) in [7, 11) is 1.59. The monoisotopic (exact) mass is 514 g/mol. The molecule has 0 bridgehead atoms. The lowest BCUT2D eigenvalue weighted by Crippen LogP contribution is -2.47. The molecule has 1 aliphatic rings. The molecule has 10 nitrogen and oxygen atoms in total. The van der Waals surface area contributed by atoms with E-state index in [1.807, 2.05) is 31.2 Å². The maximum Gasteiger partial charge on any atom is 0.294 e. The number of carbonyl (C=O) groups excluding carboxylic acids is 2. The minimum Gasteiger partial charge on any atom is -0.497 e. The summed E-state index contributed by atoms with van der Waals surface area (Å²) in [4.78, 5) is 29.4. The molecule has 1 aliphatic carbocycles. The zero-order valence-electron chi connectivity index (χ0n) is 21.4. The second kappa shape index (κ2) is 11.3. The maximum atomic E-state index is 14.0. The lowest BCUT2D eigenvalue weighted by molar-refractivity contribution is -0.123. The van der Waals surface area contributed by atoms with Gasteiger partial charge in [-0.1, -0.05) is 31.4 Å². The van der Waals surface area contributed by atoms with Gasteiger partial charge in [0.2, 0.25) is 5.91 Å². The van der Waals surface area contributed by atoms with Gasteiger partial charge in [0.1, 0.15) is 18.1 Å². The molecule has 38 heavy (non-hydrogen) atoms. The number of methoxy groups -OCH3 is 1. The number of hydrogen-bond donors (Lipinski definition) is 1. The van der Waals surface area contributed by atoms with E-state index < -0.39 is 11.9 Å². The van der Waals surface area contributed by atoms with Crippen LogP contribution in [0, 0.1) is 6.92 Å². The molecule has 1 saturated carbocycles. The molecule has 1 fully saturated rings. The van der Waals surface area contributed by atoms with E-state index in [0.717, 1.165) is 36.9 Å². The van der Waals surface area contributed by atoms with Crippen molar-refractivity contribution in [2.45, 2.75) is 51.1 Å². The molecule has 2 aromatic heterocycles. The van der Waals surface area contributed by atoms with Gasteiger partial charge >= 0.3 is 0 Å². The molecule has 0 spiro atoms. The van der Waals surface area contributed by atoms with Crippen molar-refractivity contribution < 1.29 is 18.7 Å². The van der Waals surface area contributed by atoms with Gasteiger partial charge < -0.3 is 14.5 Å². The first-order chi connectivity index (χ1) is 18.5. The summed E-state index contributed by atoms with van der Waals surface area (Å²) in [6, 6.07) is 15.0. The zero-order chi connectivity index (χ0) is 26.5. The first-order valence-corrected chi connectivity index (χ1v) is 12.7. The van der Waals surface area contributed by atoms with Crippen molar-refractivity contribution in [3.8, 4) is 11.4 Å². The first-order valence-electron chi connectivity index (χ1n) is 12.7. The van der Waals surface area contributed by atoms with E-state index in [9.17, 15) is 9.59 Å². The number of amides is 2. The van der Waals surface area contributed by atoms with Crippen LogP contribution in [0.3, 0.4) is 0 Å². The molecule has 2 aromatic carbocycles. The van der Waals surface area contributed by atoms with Gasteiger partial charge in [-0.3, -0.25) is 14.5 Å². The molecule has 2 amide bonds. The van der Waals surface area contributed by atoms with E-state index >= 15 is 0 Å². The second-order valence-corrected chi connectivity index (χ2v) is 9.40. The SMILES string of the molecule is COc1ccc([C@@H](C(=O)NC2CCCCC2)N(C(=O)c2ccco2)c2ccc(-n3cnnn3)c(C)c2)cc1. The van der Waals surface area contributed by atoms with Gasteiger partial charge in [0.15, 0.2) is 5.76 Å². The molecule has 4 aromatic rings. The van der Waals surface area contributed by atoms with Crippen LogP contribution < -0.4 is 15.0 Å². The Labute approximate surface area is 220 Å². The Morgan fingerprint density at radius 1 is 1.11 bits per heavy atom. The van der Waals surface area contributed by atoms with E-state index in [-0.39, 0.29) is 17.7 Å². The fourth-order valence-electron chi connectivity index (χ4n) is 4.95. The maximum absolute atomic E-state index is 14.0. The summed E-state index contributed by atoms with van der Waals surface area (Å²) in [6.45, 7) is 1.90. The average molecular weight is 515 g/mol. The molecule has 0 radical (unpaired) electrons. The van der Waals surface area contributed by atoms with Crippen molar-refractivity contribution in [3.63, 3.8) is 0 Å². The van der Waals surface area contributed by atoms with Crippen molar-refractivity contribution in [1.82, 2.24) is 25.5 Å². The fourth-order valence-corrected chi connectivity index (χ4v) is 4.95. The van der Waals surface area contributed by atoms with Crippen LogP contribution in [0.25, 0.3) is 5.69 Å². The Kier molecular flexibility index (Phi) is 7.48. The zero-order valence-corrected chi connectivity index (χ0v) is 21.4. The Balaban J connectivity index is 1.60. The highest BCUT2D eigenvalue weighted by atomic mass is 16.5. The number of ether oxygens (including phenoxy) is 1. The lowest BCUT2D eigenvalue weighted by Gasteiger charge is -2.33. The normalized spacial score (nSPS) is 14.6. The van der Waals surface area contributed by atoms with Crippen molar-refractivity contribution in [1.29, 1.82) is 0 Å². The Bertz CT molecular complexity index is 1360. The number of tetrazole rings is 1. The van der Waals surface area contributed by atoms with Gasteiger partial charge in [-0.05, 0) is 83.8 Å². The number of benzene rings is 2. The standard InChI is InChI=1S/C28H30N6O4/c1-19-17-22(12-15-24(19)33-18-29-31-32-33)34(28(36)25-9-6-16-38-25)26(20-10-13-23(37-2)14-11-20)27(35)30-21-7-4-3-5-8-21/h6,9-18,21,26H,3-5,7-8H2,1-2H3,(H,30,35)/t26-/m0/s1. The summed E-state index contributed by atoms with van der Waals surface area (Å²) in [5, 5.41) is 14.6. The second-order valence-electron chi connectivity index (χ2n) is 9.40. The molecule has 5 rings (SSSR count). The molecular weight excluding hydrogens is 484 g/mol. The topological polar surface area (TPSA) is 115 Å². The molecule has 196 valence electrons. The highest BCUT2D eigenvalue weighted by Crippen LogP contribution is 2.33. The van der Waals surface area contributed by atoms with Gasteiger partial charge in [0.25, 0.3) is 5.91 Å². The van der Waals surface area contributed by atoms with Gasteiger partial charge in [0.05, 0.1) is 19.1 Å². The fraction of sp³-hybridized carbons (Fsp3) is 0.321. The van der Waals surface area contributed by atoms with Crippen molar-refractivity contribution in [2.24, 2.45) is 0 Å². The smallest absolute Gasteiger partial charge is 0.294 e. The Hall–Kier alpha value is -4.47. The van der Waals surface area contributed by atoms with Crippen molar-refractivity contribution >= 4 is 17.5 Å².